The Labute approximate surface area is 143 Å². The van der Waals surface area contributed by atoms with Gasteiger partial charge in [-0.2, -0.15) is 5.10 Å². The molecule has 2 rings (SSSR count). The van der Waals surface area contributed by atoms with E-state index in [1.165, 1.54) is 0 Å². The maximum Gasteiger partial charge on any atom is 0.242 e. The van der Waals surface area contributed by atoms with Crippen molar-refractivity contribution in [2.75, 3.05) is 13.7 Å². The topological polar surface area (TPSA) is 68.2 Å². The van der Waals surface area contributed by atoms with E-state index in [1.54, 1.807) is 17.9 Å². The van der Waals surface area contributed by atoms with Gasteiger partial charge in [-0.3, -0.25) is 9.48 Å². The number of likely N-dealkylation sites (N-methyl/N-ethyl adjacent to an activating group) is 1. The number of hydrogen-bond donors (Lipinski definition) is 2. The first-order chi connectivity index (χ1) is 11.4. The van der Waals surface area contributed by atoms with Crippen LogP contribution in [0.5, 0.6) is 5.75 Å². The summed E-state index contributed by atoms with van der Waals surface area (Å²) in [6.07, 6.45) is 3.53. The molecule has 6 nitrogen and oxygen atoms in total. The van der Waals surface area contributed by atoms with Crippen LogP contribution in [0.2, 0.25) is 0 Å². The predicted molar refractivity (Wildman–Crippen MR) is 94.0 cm³/mol. The molecule has 1 amide bonds. The number of benzene rings is 1. The van der Waals surface area contributed by atoms with Crippen molar-refractivity contribution in [3.8, 4) is 5.75 Å². The van der Waals surface area contributed by atoms with Crippen molar-refractivity contribution in [1.82, 2.24) is 20.4 Å². The number of para-hydroxylation sites is 1. The molecule has 0 bridgehead atoms. The monoisotopic (exact) mass is 330 g/mol. The van der Waals surface area contributed by atoms with E-state index in [9.17, 15) is 4.79 Å². The lowest BCUT2D eigenvalue weighted by atomic mass is 10.1. The van der Waals surface area contributed by atoms with Gasteiger partial charge in [0.1, 0.15) is 18.4 Å². The van der Waals surface area contributed by atoms with Crippen LogP contribution in [0.15, 0.2) is 30.6 Å². The fraction of sp³-hybridized carbons (Fsp3) is 0.444. The minimum atomic E-state index is -0.429. The fourth-order valence-corrected chi connectivity index (χ4v) is 2.64. The van der Waals surface area contributed by atoms with Crippen molar-refractivity contribution in [3.05, 3.63) is 47.3 Å². The number of hydrogen-bond acceptors (Lipinski definition) is 4. The van der Waals surface area contributed by atoms with E-state index in [0.29, 0.717) is 6.61 Å². The van der Waals surface area contributed by atoms with Gasteiger partial charge in [-0.05, 0) is 38.9 Å². The van der Waals surface area contributed by atoms with Crippen molar-refractivity contribution < 1.29 is 9.53 Å². The van der Waals surface area contributed by atoms with Gasteiger partial charge in [0.05, 0.1) is 12.2 Å². The normalized spacial score (nSPS) is 13.4. The van der Waals surface area contributed by atoms with Gasteiger partial charge in [-0.25, -0.2) is 0 Å². The van der Waals surface area contributed by atoms with Crippen molar-refractivity contribution in [2.24, 2.45) is 7.05 Å². The SMILES string of the molecule is CNC(C(=O)NC(C)COc1c(C)cccc1C)c1cnn(C)c1. The molecule has 130 valence electrons. The maximum absolute atomic E-state index is 12.5. The average Bonchev–Trinajstić information content (AvgIpc) is 2.93. The third-order valence-corrected chi connectivity index (χ3v) is 3.88. The highest BCUT2D eigenvalue weighted by atomic mass is 16.5. The molecule has 0 aliphatic heterocycles. The molecule has 2 unspecified atom stereocenters. The molecule has 2 N–H and O–H groups in total. The highest BCUT2D eigenvalue weighted by Crippen LogP contribution is 2.22. The Morgan fingerprint density at radius 2 is 2.00 bits per heavy atom. The summed E-state index contributed by atoms with van der Waals surface area (Å²) in [4.78, 5) is 12.5. The molecule has 1 aromatic heterocycles. The van der Waals surface area contributed by atoms with Crippen LogP contribution in [0.3, 0.4) is 0 Å². The first-order valence-electron chi connectivity index (χ1n) is 8.07. The molecular formula is C18H26N4O2. The van der Waals surface area contributed by atoms with Crippen molar-refractivity contribution in [2.45, 2.75) is 32.9 Å². The summed E-state index contributed by atoms with van der Waals surface area (Å²) in [6.45, 7) is 6.39. The van der Waals surface area contributed by atoms with Crippen LogP contribution < -0.4 is 15.4 Å². The molecule has 2 atom stereocenters. The quantitative estimate of drug-likeness (QED) is 0.813. The second-order valence-corrected chi connectivity index (χ2v) is 6.11. The number of rotatable bonds is 7. The number of carbonyl (C=O) groups excluding carboxylic acids is 1. The van der Waals surface area contributed by atoms with E-state index in [2.05, 4.69) is 15.7 Å². The Kier molecular flexibility index (Phi) is 5.98. The maximum atomic E-state index is 12.5. The van der Waals surface area contributed by atoms with Gasteiger partial charge in [0.25, 0.3) is 0 Å². The lowest BCUT2D eigenvalue weighted by Crippen LogP contribution is -2.43. The first-order valence-corrected chi connectivity index (χ1v) is 8.07. The number of aromatic nitrogens is 2. The van der Waals surface area contributed by atoms with Gasteiger partial charge in [-0.1, -0.05) is 18.2 Å². The number of amides is 1. The van der Waals surface area contributed by atoms with Crippen molar-refractivity contribution in [3.63, 3.8) is 0 Å². The summed E-state index contributed by atoms with van der Waals surface area (Å²) in [5, 5.41) is 10.1. The zero-order valence-electron chi connectivity index (χ0n) is 15.0. The largest absolute Gasteiger partial charge is 0.491 e. The molecule has 2 aromatic rings. The summed E-state index contributed by atoms with van der Waals surface area (Å²) in [5.74, 6) is 0.791. The van der Waals surface area contributed by atoms with Crippen LogP contribution in [-0.4, -0.2) is 35.4 Å². The van der Waals surface area contributed by atoms with E-state index >= 15 is 0 Å². The standard InChI is InChI=1S/C18H26N4O2/c1-12-7-6-8-13(2)17(12)24-11-14(3)21-18(23)16(19-4)15-9-20-22(5)10-15/h6-10,14,16,19H,11H2,1-5H3,(H,21,23). The molecule has 24 heavy (non-hydrogen) atoms. The minimum absolute atomic E-state index is 0.0943. The van der Waals surface area contributed by atoms with Crippen LogP contribution in [-0.2, 0) is 11.8 Å². The average molecular weight is 330 g/mol. The molecule has 0 aliphatic rings. The summed E-state index contributed by atoms with van der Waals surface area (Å²) >= 11 is 0. The van der Waals surface area contributed by atoms with Gasteiger partial charge >= 0.3 is 0 Å². The van der Waals surface area contributed by atoms with E-state index in [-0.39, 0.29) is 11.9 Å². The first kappa shape index (κ1) is 18.0. The summed E-state index contributed by atoms with van der Waals surface area (Å²) in [7, 11) is 3.59. The Morgan fingerprint density at radius 3 is 2.54 bits per heavy atom. The van der Waals surface area contributed by atoms with Gasteiger partial charge in [0, 0.05) is 18.8 Å². The highest BCUT2D eigenvalue weighted by Gasteiger charge is 2.21. The fourth-order valence-electron chi connectivity index (χ4n) is 2.64. The molecule has 0 spiro atoms. The van der Waals surface area contributed by atoms with Gasteiger partial charge in [-0.15, -0.1) is 0 Å². The van der Waals surface area contributed by atoms with Gasteiger partial charge in [0.2, 0.25) is 5.91 Å². The molecule has 0 radical (unpaired) electrons. The van der Waals surface area contributed by atoms with E-state index in [4.69, 9.17) is 4.74 Å². The van der Waals surface area contributed by atoms with Crippen LogP contribution in [0, 0.1) is 13.8 Å². The van der Waals surface area contributed by atoms with Crippen LogP contribution in [0.1, 0.15) is 29.7 Å². The molecule has 0 saturated heterocycles. The molecule has 6 heteroatoms. The van der Waals surface area contributed by atoms with E-state index in [0.717, 1.165) is 22.4 Å². The lowest BCUT2D eigenvalue weighted by molar-refractivity contribution is -0.124. The summed E-state index contributed by atoms with van der Waals surface area (Å²) in [6, 6.07) is 5.51. The van der Waals surface area contributed by atoms with E-state index < -0.39 is 6.04 Å². The Morgan fingerprint density at radius 1 is 1.33 bits per heavy atom. The number of aryl methyl sites for hydroxylation is 3. The number of nitrogens with one attached hydrogen (secondary N) is 2. The summed E-state index contributed by atoms with van der Waals surface area (Å²) in [5.41, 5.74) is 3.02. The van der Waals surface area contributed by atoms with Crippen molar-refractivity contribution >= 4 is 5.91 Å². The second-order valence-electron chi connectivity index (χ2n) is 6.11. The molecule has 1 heterocycles. The zero-order valence-corrected chi connectivity index (χ0v) is 15.0. The minimum Gasteiger partial charge on any atom is -0.491 e. The Bertz CT molecular complexity index is 676. The van der Waals surface area contributed by atoms with Crippen LogP contribution >= 0.6 is 0 Å². The number of nitrogens with zero attached hydrogens (tertiary/aromatic N) is 2. The number of carbonyl (C=O) groups is 1. The Balaban J connectivity index is 1.93. The zero-order chi connectivity index (χ0) is 17.7. The third-order valence-electron chi connectivity index (χ3n) is 3.88. The highest BCUT2D eigenvalue weighted by molar-refractivity contribution is 5.83. The molecular weight excluding hydrogens is 304 g/mol. The predicted octanol–water partition coefficient (Wildman–Crippen LogP) is 1.88. The molecule has 0 saturated carbocycles. The molecule has 0 aliphatic carbocycles. The Hall–Kier alpha value is -2.34. The van der Waals surface area contributed by atoms with Crippen molar-refractivity contribution in [1.29, 1.82) is 0 Å². The third kappa shape index (κ3) is 4.35. The van der Waals surface area contributed by atoms with Gasteiger partial charge < -0.3 is 15.4 Å². The van der Waals surface area contributed by atoms with Crippen LogP contribution in [0.4, 0.5) is 0 Å². The lowest BCUT2D eigenvalue weighted by Gasteiger charge is -2.20. The molecule has 1 aromatic carbocycles. The summed E-state index contributed by atoms with van der Waals surface area (Å²) < 4.78 is 7.58. The van der Waals surface area contributed by atoms with E-state index in [1.807, 2.05) is 52.2 Å². The smallest absolute Gasteiger partial charge is 0.242 e. The second kappa shape index (κ2) is 7.97. The number of ether oxygens (including phenoxy) is 1. The van der Waals surface area contributed by atoms with Crippen LogP contribution in [0.25, 0.3) is 0 Å². The molecule has 0 fully saturated rings. The van der Waals surface area contributed by atoms with Gasteiger partial charge in [0.15, 0.2) is 0 Å².